The molecule has 1 atom stereocenters. The second-order valence-electron chi connectivity index (χ2n) is 6.34. The molecule has 2 heterocycles. The molecule has 5 heteroatoms. The van der Waals surface area contributed by atoms with Gasteiger partial charge >= 0.3 is 0 Å². The van der Waals surface area contributed by atoms with Crippen molar-refractivity contribution in [2.24, 2.45) is 5.92 Å². The van der Waals surface area contributed by atoms with Crippen molar-refractivity contribution in [3.63, 3.8) is 0 Å². The number of nitrogens with one attached hydrogen (secondary N) is 1. The van der Waals surface area contributed by atoms with Crippen LogP contribution in [0.3, 0.4) is 0 Å². The molecule has 0 bridgehead atoms. The Hall–Kier alpha value is -0.810. The zero-order valence-electron chi connectivity index (χ0n) is 13.1. The lowest BCUT2D eigenvalue weighted by atomic mass is 9.84. The molecule has 2 aliphatic rings. The molecule has 0 radical (unpaired) electrons. The number of halogens is 1. The van der Waals surface area contributed by atoms with Crippen molar-refractivity contribution in [3.8, 4) is 5.75 Å². The third-order valence-corrected chi connectivity index (χ3v) is 5.09. The van der Waals surface area contributed by atoms with Crippen molar-refractivity contribution in [2.75, 3.05) is 39.4 Å². The molecular weight excluding hydrogens is 300 g/mol. The second-order valence-corrected chi connectivity index (χ2v) is 6.78. The van der Waals surface area contributed by atoms with E-state index in [1.807, 2.05) is 19.1 Å². The van der Waals surface area contributed by atoms with Crippen molar-refractivity contribution in [3.05, 3.63) is 28.3 Å². The lowest BCUT2D eigenvalue weighted by molar-refractivity contribution is 0.0206. The van der Waals surface area contributed by atoms with Gasteiger partial charge in [-0.25, -0.2) is 0 Å². The highest BCUT2D eigenvalue weighted by Crippen LogP contribution is 2.41. The summed E-state index contributed by atoms with van der Waals surface area (Å²) in [7, 11) is 0. The van der Waals surface area contributed by atoms with Crippen LogP contribution in [0.2, 0.25) is 5.02 Å². The maximum atomic E-state index is 10.6. The molecule has 0 unspecified atom stereocenters. The molecule has 0 aliphatic carbocycles. The first kappa shape index (κ1) is 16.1. The van der Waals surface area contributed by atoms with E-state index in [2.05, 4.69) is 10.2 Å². The van der Waals surface area contributed by atoms with E-state index in [1.54, 1.807) is 0 Å². The van der Waals surface area contributed by atoms with E-state index in [9.17, 15) is 5.11 Å². The Balaban J connectivity index is 1.96. The van der Waals surface area contributed by atoms with Crippen molar-refractivity contribution in [1.29, 1.82) is 0 Å². The third-order valence-electron chi connectivity index (χ3n) is 4.87. The van der Waals surface area contributed by atoms with Gasteiger partial charge in [0.1, 0.15) is 5.75 Å². The van der Waals surface area contributed by atoms with Crippen LogP contribution < -0.4 is 5.32 Å². The maximum absolute atomic E-state index is 10.6. The molecule has 0 amide bonds. The Labute approximate surface area is 137 Å². The largest absolute Gasteiger partial charge is 0.507 e. The SMILES string of the molecule is Cc1cc(Cl)cc([C@@H](C2CCOCC2)N2CCNCC2)c1O. The number of benzene rings is 1. The zero-order valence-corrected chi connectivity index (χ0v) is 13.9. The smallest absolute Gasteiger partial charge is 0.123 e. The second kappa shape index (κ2) is 7.18. The quantitative estimate of drug-likeness (QED) is 0.897. The van der Waals surface area contributed by atoms with E-state index >= 15 is 0 Å². The molecular formula is C17H25ClN2O2. The standard InChI is InChI=1S/C17H25ClN2O2/c1-12-10-14(18)11-15(17(12)21)16(13-2-8-22-9-3-13)20-6-4-19-5-7-20/h10-11,13,16,19,21H,2-9H2,1H3/t16-/m1/s1. The first-order valence-electron chi connectivity index (χ1n) is 8.18. The van der Waals surface area contributed by atoms with E-state index in [0.29, 0.717) is 16.7 Å². The first-order valence-corrected chi connectivity index (χ1v) is 8.56. The molecule has 1 aromatic carbocycles. The Bertz CT molecular complexity index is 494. The van der Waals surface area contributed by atoms with Crippen LogP contribution in [0, 0.1) is 12.8 Å². The van der Waals surface area contributed by atoms with Gasteiger partial charge in [-0.05, 0) is 43.4 Å². The van der Waals surface area contributed by atoms with Crippen LogP contribution in [0.25, 0.3) is 0 Å². The molecule has 22 heavy (non-hydrogen) atoms. The number of aryl methyl sites for hydroxylation is 1. The van der Waals surface area contributed by atoms with Gasteiger partial charge in [-0.3, -0.25) is 4.90 Å². The lowest BCUT2D eigenvalue weighted by Crippen LogP contribution is -2.47. The fourth-order valence-corrected chi connectivity index (χ4v) is 4.01. The third kappa shape index (κ3) is 3.40. The Morgan fingerprint density at radius 1 is 1.27 bits per heavy atom. The van der Waals surface area contributed by atoms with Crippen LogP contribution in [-0.4, -0.2) is 49.4 Å². The summed E-state index contributed by atoms with van der Waals surface area (Å²) in [5, 5.41) is 14.7. The van der Waals surface area contributed by atoms with E-state index in [1.165, 1.54) is 0 Å². The summed E-state index contributed by atoms with van der Waals surface area (Å²) < 4.78 is 5.53. The normalized spacial score (nSPS) is 22.6. The molecule has 4 nitrogen and oxygen atoms in total. The van der Waals surface area contributed by atoms with Crippen LogP contribution in [0.4, 0.5) is 0 Å². The fourth-order valence-electron chi connectivity index (χ4n) is 3.73. The maximum Gasteiger partial charge on any atom is 0.123 e. The predicted octanol–water partition coefficient (Wildman–Crippen LogP) is 2.73. The molecule has 0 aromatic heterocycles. The minimum Gasteiger partial charge on any atom is -0.507 e. The number of phenols is 1. The van der Waals surface area contributed by atoms with Gasteiger partial charge in [0.05, 0.1) is 0 Å². The number of aromatic hydroxyl groups is 1. The number of ether oxygens (including phenoxy) is 1. The first-order chi connectivity index (χ1) is 10.7. The summed E-state index contributed by atoms with van der Waals surface area (Å²) in [6, 6.07) is 4.01. The van der Waals surface area contributed by atoms with Crippen molar-refractivity contribution in [2.45, 2.75) is 25.8 Å². The Morgan fingerprint density at radius 3 is 2.64 bits per heavy atom. The van der Waals surface area contributed by atoms with Gasteiger partial charge in [-0.2, -0.15) is 0 Å². The average molecular weight is 325 g/mol. The molecule has 2 N–H and O–H groups in total. The average Bonchev–Trinajstić information content (AvgIpc) is 2.54. The highest BCUT2D eigenvalue weighted by Gasteiger charge is 2.33. The zero-order chi connectivity index (χ0) is 15.5. The number of hydrogen-bond acceptors (Lipinski definition) is 4. The van der Waals surface area contributed by atoms with Gasteiger partial charge in [0.15, 0.2) is 0 Å². The van der Waals surface area contributed by atoms with E-state index in [0.717, 1.165) is 63.4 Å². The Kier molecular flexibility index (Phi) is 5.24. The summed E-state index contributed by atoms with van der Waals surface area (Å²) in [6.45, 7) is 7.56. The van der Waals surface area contributed by atoms with Gasteiger partial charge in [-0.1, -0.05) is 11.6 Å². The summed E-state index contributed by atoms with van der Waals surface area (Å²) in [5.74, 6) is 0.912. The molecule has 122 valence electrons. The Morgan fingerprint density at radius 2 is 1.95 bits per heavy atom. The minimum absolute atomic E-state index is 0.225. The van der Waals surface area contributed by atoms with Gasteiger partial charge in [-0.15, -0.1) is 0 Å². The summed E-state index contributed by atoms with van der Waals surface area (Å²) in [6.07, 6.45) is 2.08. The highest BCUT2D eigenvalue weighted by atomic mass is 35.5. The van der Waals surface area contributed by atoms with Crippen LogP contribution in [0.5, 0.6) is 5.75 Å². The summed E-state index contributed by atoms with van der Waals surface area (Å²) in [4.78, 5) is 2.50. The van der Waals surface area contributed by atoms with Crippen LogP contribution in [0.15, 0.2) is 12.1 Å². The number of piperazine rings is 1. The van der Waals surface area contributed by atoms with E-state index in [-0.39, 0.29) is 6.04 Å². The van der Waals surface area contributed by atoms with Crippen LogP contribution in [0.1, 0.15) is 30.0 Å². The number of nitrogens with zero attached hydrogens (tertiary/aromatic N) is 1. The molecule has 0 saturated carbocycles. The number of phenolic OH excluding ortho intramolecular Hbond substituents is 1. The molecule has 2 saturated heterocycles. The van der Waals surface area contributed by atoms with Crippen molar-refractivity contribution in [1.82, 2.24) is 10.2 Å². The monoisotopic (exact) mass is 324 g/mol. The molecule has 1 aromatic rings. The number of hydrogen-bond donors (Lipinski definition) is 2. The molecule has 0 spiro atoms. The van der Waals surface area contributed by atoms with Crippen molar-refractivity contribution < 1.29 is 9.84 Å². The van der Waals surface area contributed by atoms with Crippen molar-refractivity contribution >= 4 is 11.6 Å². The van der Waals surface area contributed by atoms with Gasteiger partial charge in [0.2, 0.25) is 0 Å². The summed E-state index contributed by atoms with van der Waals surface area (Å²) in [5.41, 5.74) is 1.84. The summed E-state index contributed by atoms with van der Waals surface area (Å²) >= 11 is 6.28. The predicted molar refractivity (Wildman–Crippen MR) is 88.6 cm³/mol. The van der Waals surface area contributed by atoms with Gasteiger partial charge < -0.3 is 15.2 Å². The number of rotatable bonds is 3. The minimum atomic E-state index is 0.225. The molecule has 2 fully saturated rings. The van der Waals surface area contributed by atoms with Gasteiger partial charge in [0.25, 0.3) is 0 Å². The van der Waals surface area contributed by atoms with Gasteiger partial charge in [0, 0.05) is 56.0 Å². The topological polar surface area (TPSA) is 44.7 Å². The lowest BCUT2D eigenvalue weighted by Gasteiger charge is -2.41. The molecule has 2 aliphatic heterocycles. The van der Waals surface area contributed by atoms with Crippen LogP contribution in [-0.2, 0) is 4.74 Å². The van der Waals surface area contributed by atoms with E-state index in [4.69, 9.17) is 16.3 Å². The van der Waals surface area contributed by atoms with E-state index < -0.39 is 0 Å². The van der Waals surface area contributed by atoms with Crippen LogP contribution >= 0.6 is 11.6 Å². The molecule has 3 rings (SSSR count). The fraction of sp³-hybridized carbons (Fsp3) is 0.647. The highest BCUT2D eigenvalue weighted by molar-refractivity contribution is 6.30.